The van der Waals surface area contributed by atoms with Crippen molar-refractivity contribution in [1.29, 1.82) is 5.26 Å². The summed E-state index contributed by atoms with van der Waals surface area (Å²) in [6.45, 7) is 0.233. The molecule has 0 aliphatic rings. The van der Waals surface area contributed by atoms with E-state index in [4.69, 9.17) is 5.26 Å². The van der Waals surface area contributed by atoms with Gasteiger partial charge < -0.3 is 10.0 Å². The Labute approximate surface area is 117 Å². The van der Waals surface area contributed by atoms with Gasteiger partial charge in [-0.05, 0) is 48.5 Å². The molecule has 0 spiro atoms. The molecule has 0 fully saturated rings. The van der Waals surface area contributed by atoms with Gasteiger partial charge in [-0.15, -0.1) is 0 Å². The Hall–Kier alpha value is -2.80. The highest BCUT2D eigenvalue weighted by Crippen LogP contribution is 2.15. The van der Waals surface area contributed by atoms with Gasteiger partial charge in [-0.25, -0.2) is 0 Å². The standard InChI is InChI=1S/C16H14N2O2/c1-18(14-6-2-12(10-17)3-7-14)11-16(20)13-4-8-15(19)9-5-13/h2-9,19H,11H2,1H3. The summed E-state index contributed by atoms with van der Waals surface area (Å²) in [5.41, 5.74) is 2.02. The first-order valence-corrected chi connectivity index (χ1v) is 6.13. The number of likely N-dealkylation sites (N-methyl/N-ethyl adjacent to an activating group) is 1. The van der Waals surface area contributed by atoms with E-state index in [0.717, 1.165) is 5.69 Å². The zero-order chi connectivity index (χ0) is 14.5. The van der Waals surface area contributed by atoms with Crippen LogP contribution in [-0.2, 0) is 0 Å². The van der Waals surface area contributed by atoms with Crippen LogP contribution in [0.25, 0.3) is 0 Å². The van der Waals surface area contributed by atoms with E-state index in [1.165, 1.54) is 12.1 Å². The normalized spacial score (nSPS) is 9.80. The van der Waals surface area contributed by atoms with Crippen molar-refractivity contribution < 1.29 is 9.90 Å². The fourth-order valence-electron chi connectivity index (χ4n) is 1.84. The second-order valence-electron chi connectivity index (χ2n) is 4.48. The number of phenols is 1. The maximum absolute atomic E-state index is 12.1. The minimum absolute atomic E-state index is 0.0307. The number of phenolic OH excluding ortho intramolecular Hbond substituents is 1. The fourth-order valence-corrected chi connectivity index (χ4v) is 1.84. The molecule has 0 unspecified atom stereocenters. The third kappa shape index (κ3) is 3.15. The van der Waals surface area contributed by atoms with E-state index < -0.39 is 0 Å². The Bertz CT molecular complexity index is 640. The SMILES string of the molecule is CN(CC(=O)c1ccc(O)cc1)c1ccc(C#N)cc1. The quantitative estimate of drug-likeness (QED) is 0.864. The third-order valence-electron chi connectivity index (χ3n) is 3.01. The number of anilines is 1. The number of rotatable bonds is 4. The highest BCUT2D eigenvalue weighted by Gasteiger charge is 2.10. The molecular formula is C16H14N2O2. The van der Waals surface area contributed by atoms with Crippen molar-refractivity contribution >= 4 is 11.5 Å². The number of Topliss-reactive ketones (excluding diaryl/α,β-unsaturated/α-hetero) is 1. The van der Waals surface area contributed by atoms with Crippen molar-refractivity contribution in [3.8, 4) is 11.8 Å². The van der Waals surface area contributed by atoms with Gasteiger partial charge in [-0.2, -0.15) is 5.26 Å². The molecule has 1 N–H and O–H groups in total. The van der Waals surface area contributed by atoms with Crippen molar-refractivity contribution in [2.45, 2.75) is 0 Å². The smallest absolute Gasteiger partial charge is 0.182 e. The molecule has 20 heavy (non-hydrogen) atoms. The van der Waals surface area contributed by atoms with E-state index >= 15 is 0 Å². The van der Waals surface area contributed by atoms with Gasteiger partial charge in [0.2, 0.25) is 0 Å². The van der Waals surface area contributed by atoms with Crippen molar-refractivity contribution in [3.05, 3.63) is 59.7 Å². The van der Waals surface area contributed by atoms with Gasteiger partial charge in [0.15, 0.2) is 5.78 Å². The van der Waals surface area contributed by atoms with Crippen LogP contribution in [0.3, 0.4) is 0 Å². The van der Waals surface area contributed by atoms with Crippen LogP contribution < -0.4 is 4.90 Å². The predicted octanol–water partition coefficient (Wildman–Crippen LogP) is 2.58. The molecule has 0 aromatic heterocycles. The van der Waals surface area contributed by atoms with Crippen LogP contribution in [0.2, 0.25) is 0 Å². The first-order valence-electron chi connectivity index (χ1n) is 6.13. The fraction of sp³-hybridized carbons (Fsp3) is 0.125. The van der Waals surface area contributed by atoms with Crippen molar-refractivity contribution in [2.24, 2.45) is 0 Å². The van der Waals surface area contributed by atoms with Gasteiger partial charge in [0.25, 0.3) is 0 Å². The molecule has 100 valence electrons. The summed E-state index contributed by atoms with van der Waals surface area (Å²) < 4.78 is 0. The lowest BCUT2D eigenvalue weighted by molar-refractivity contribution is 0.100. The van der Waals surface area contributed by atoms with Crippen molar-refractivity contribution in [1.82, 2.24) is 0 Å². The minimum Gasteiger partial charge on any atom is -0.508 e. The van der Waals surface area contributed by atoms with E-state index in [-0.39, 0.29) is 18.1 Å². The van der Waals surface area contributed by atoms with Crippen LogP contribution in [0.4, 0.5) is 5.69 Å². The molecular weight excluding hydrogens is 252 g/mol. The Morgan fingerprint density at radius 3 is 2.30 bits per heavy atom. The molecule has 2 rings (SSSR count). The summed E-state index contributed by atoms with van der Waals surface area (Å²) >= 11 is 0. The highest BCUT2D eigenvalue weighted by molar-refractivity contribution is 5.99. The molecule has 0 saturated heterocycles. The summed E-state index contributed by atoms with van der Waals surface area (Å²) in [5.74, 6) is 0.110. The highest BCUT2D eigenvalue weighted by atomic mass is 16.3. The van der Waals surface area contributed by atoms with E-state index in [0.29, 0.717) is 11.1 Å². The zero-order valence-electron chi connectivity index (χ0n) is 11.1. The van der Waals surface area contributed by atoms with Gasteiger partial charge in [-0.3, -0.25) is 4.79 Å². The van der Waals surface area contributed by atoms with Crippen LogP contribution in [-0.4, -0.2) is 24.5 Å². The Kier molecular flexibility index (Phi) is 4.02. The Balaban J connectivity index is 2.06. The second kappa shape index (κ2) is 5.89. The lowest BCUT2D eigenvalue weighted by Gasteiger charge is -2.18. The molecule has 0 aliphatic heterocycles. The zero-order valence-corrected chi connectivity index (χ0v) is 11.1. The molecule has 0 saturated carbocycles. The van der Waals surface area contributed by atoms with E-state index in [1.807, 2.05) is 24.1 Å². The second-order valence-corrected chi connectivity index (χ2v) is 4.48. The number of ketones is 1. The van der Waals surface area contributed by atoms with Gasteiger partial charge in [0, 0.05) is 18.3 Å². The van der Waals surface area contributed by atoms with Crippen LogP contribution in [0.1, 0.15) is 15.9 Å². The number of nitriles is 1. The lowest BCUT2D eigenvalue weighted by atomic mass is 10.1. The number of nitrogens with zero attached hydrogens (tertiary/aromatic N) is 2. The average Bonchev–Trinajstić information content (AvgIpc) is 2.48. The van der Waals surface area contributed by atoms with Crippen LogP contribution in [0, 0.1) is 11.3 Å². The maximum Gasteiger partial charge on any atom is 0.182 e. The molecule has 0 bridgehead atoms. The summed E-state index contributed by atoms with van der Waals surface area (Å²) in [5, 5.41) is 17.9. The summed E-state index contributed by atoms with van der Waals surface area (Å²) in [7, 11) is 1.82. The average molecular weight is 266 g/mol. The van der Waals surface area contributed by atoms with Crippen LogP contribution in [0.5, 0.6) is 5.75 Å². The van der Waals surface area contributed by atoms with Gasteiger partial charge >= 0.3 is 0 Å². The van der Waals surface area contributed by atoms with Gasteiger partial charge in [0.1, 0.15) is 5.75 Å². The predicted molar refractivity (Wildman–Crippen MR) is 76.9 cm³/mol. The van der Waals surface area contributed by atoms with Crippen LogP contribution in [0.15, 0.2) is 48.5 Å². The van der Waals surface area contributed by atoms with E-state index in [1.54, 1.807) is 24.3 Å². The minimum atomic E-state index is -0.0307. The molecule has 4 nitrogen and oxygen atoms in total. The summed E-state index contributed by atoms with van der Waals surface area (Å²) in [6, 6.07) is 15.3. The molecule has 0 atom stereocenters. The molecule has 4 heteroatoms. The molecule has 2 aromatic carbocycles. The Morgan fingerprint density at radius 2 is 1.75 bits per heavy atom. The van der Waals surface area contributed by atoms with Gasteiger partial charge in [-0.1, -0.05) is 0 Å². The molecule has 2 aromatic rings. The monoisotopic (exact) mass is 266 g/mol. The Morgan fingerprint density at radius 1 is 1.15 bits per heavy atom. The van der Waals surface area contributed by atoms with Crippen molar-refractivity contribution in [2.75, 3.05) is 18.5 Å². The number of carbonyl (C=O) groups is 1. The van der Waals surface area contributed by atoms with E-state index in [2.05, 4.69) is 6.07 Å². The molecule has 0 heterocycles. The van der Waals surface area contributed by atoms with Crippen LogP contribution >= 0.6 is 0 Å². The first-order chi connectivity index (χ1) is 9.60. The molecule has 0 amide bonds. The number of benzene rings is 2. The largest absolute Gasteiger partial charge is 0.508 e. The maximum atomic E-state index is 12.1. The third-order valence-corrected chi connectivity index (χ3v) is 3.01. The molecule has 0 radical (unpaired) electrons. The lowest BCUT2D eigenvalue weighted by Crippen LogP contribution is -2.25. The number of aromatic hydroxyl groups is 1. The van der Waals surface area contributed by atoms with Gasteiger partial charge in [0.05, 0.1) is 18.2 Å². The van der Waals surface area contributed by atoms with Crippen molar-refractivity contribution in [3.63, 3.8) is 0 Å². The number of carbonyl (C=O) groups excluding carboxylic acids is 1. The topological polar surface area (TPSA) is 64.3 Å². The summed E-state index contributed by atoms with van der Waals surface area (Å²) in [4.78, 5) is 13.9. The number of hydrogen-bond donors (Lipinski definition) is 1. The summed E-state index contributed by atoms with van der Waals surface area (Å²) in [6.07, 6.45) is 0. The van der Waals surface area contributed by atoms with E-state index in [9.17, 15) is 9.90 Å². The first kappa shape index (κ1) is 13.6. The molecule has 0 aliphatic carbocycles. The number of hydrogen-bond acceptors (Lipinski definition) is 4.